The molecule has 2 atom stereocenters. The molecule has 10 nitrogen and oxygen atoms in total. The molecule has 1 unspecified atom stereocenters. The van der Waals surface area contributed by atoms with Crippen molar-refractivity contribution in [2.24, 2.45) is 11.3 Å². The molecule has 0 aliphatic carbocycles. The fraction of sp³-hybridized carbons (Fsp3) is 0.692. The highest BCUT2D eigenvalue weighted by Gasteiger charge is 2.25. The maximum atomic E-state index is 14.0. The Morgan fingerprint density at radius 2 is 1.92 bits per heavy atom. The number of carbonyl (C=O) groups excluding carboxylic acids is 2. The molecule has 4 N–H and O–H groups in total. The Morgan fingerprint density at radius 3 is 2.57 bits per heavy atom. The van der Waals surface area contributed by atoms with Crippen LogP contribution in [0.15, 0.2) is 18.2 Å². The first-order chi connectivity index (χ1) is 17.1. The summed E-state index contributed by atoms with van der Waals surface area (Å²) in [5.41, 5.74) is 2.28. The second-order valence-corrected chi connectivity index (χ2v) is 11.5. The monoisotopic (exact) mass is 525 g/mol. The molecule has 37 heavy (non-hydrogen) atoms. The SMILES string of the molecule is CN(NC(O)OC(C)(C)C)C(=O)Nc1ccc(F)cc1NC[C@H]1CCCN(CCOC(=O)C(C)(C)C)C1. The average molecular weight is 526 g/mol. The summed E-state index contributed by atoms with van der Waals surface area (Å²) < 4.78 is 24.8. The smallest absolute Gasteiger partial charge is 0.336 e. The van der Waals surface area contributed by atoms with E-state index < -0.39 is 29.3 Å². The van der Waals surface area contributed by atoms with Crippen molar-refractivity contribution in [1.29, 1.82) is 0 Å². The molecule has 1 aromatic carbocycles. The quantitative estimate of drug-likeness (QED) is 0.208. The largest absolute Gasteiger partial charge is 0.464 e. The normalized spacial score (nSPS) is 17.7. The Hall–Kier alpha value is -2.47. The van der Waals surface area contributed by atoms with Crippen LogP contribution in [-0.2, 0) is 14.3 Å². The van der Waals surface area contributed by atoms with Gasteiger partial charge in [-0.1, -0.05) is 0 Å². The minimum Gasteiger partial charge on any atom is -0.464 e. The molecule has 0 aromatic heterocycles. The van der Waals surface area contributed by atoms with Gasteiger partial charge in [0.25, 0.3) is 0 Å². The van der Waals surface area contributed by atoms with E-state index in [1.807, 2.05) is 20.8 Å². The molecule has 2 rings (SSSR count). The number of nitrogens with zero attached hydrogens (tertiary/aromatic N) is 2. The second-order valence-electron chi connectivity index (χ2n) is 11.5. The Morgan fingerprint density at radius 1 is 1.22 bits per heavy atom. The lowest BCUT2D eigenvalue weighted by atomic mass is 9.97. The van der Waals surface area contributed by atoms with Gasteiger partial charge < -0.3 is 25.2 Å². The van der Waals surface area contributed by atoms with Gasteiger partial charge in [-0.2, -0.15) is 5.43 Å². The third-order valence-electron chi connectivity index (χ3n) is 5.73. The maximum absolute atomic E-state index is 14.0. The number of amides is 2. The van der Waals surface area contributed by atoms with Gasteiger partial charge in [-0.15, -0.1) is 0 Å². The highest BCUT2D eigenvalue weighted by Crippen LogP contribution is 2.25. The van der Waals surface area contributed by atoms with Crippen LogP contribution < -0.4 is 16.1 Å². The molecule has 0 bridgehead atoms. The maximum Gasteiger partial charge on any atom is 0.336 e. The van der Waals surface area contributed by atoms with Gasteiger partial charge in [0.2, 0.25) is 6.41 Å². The summed E-state index contributed by atoms with van der Waals surface area (Å²) in [7, 11) is 1.44. The number of piperidine rings is 1. The van der Waals surface area contributed by atoms with Crippen LogP contribution in [-0.4, -0.2) is 78.9 Å². The number of hydrogen-bond donors (Lipinski definition) is 4. The lowest BCUT2D eigenvalue weighted by Gasteiger charge is -2.33. The molecule has 210 valence electrons. The van der Waals surface area contributed by atoms with Crippen LogP contribution in [0.3, 0.4) is 0 Å². The van der Waals surface area contributed by atoms with Crippen molar-refractivity contribution >= 4 is 23.4 Å². The number of hydrazine groups is 1. The van der Waals surface area contributed by atoms with Gasteiger partial charge in [-0.3, -0.25) is 14.7 Å². The predicted octanol–water partition coefficient (Wildman–Crippen LogP) is 3.60. The Kier molecular flexibility index (Phi) is 11.1. The molecule has 1 aliphatic rings. The lowest BCUT2D eigenvalue weighted by Crippen LogP contribution is -2.50. The summed E-state index contributed by atoms with van der Waals surface area (Å²) in [6.07, 6.45) is 0.648. The number of urea groups is 1. The highest BCUT2D eigenvalue weighted by atomic mass is 19.1. The summed E-state index contributed by atoms with van der Waals surface area (Å²) in [5, 5.41) is 17.0. The zero-order chi connectivity index (χ0) is 27.8. The van der Waals surface area contributed by atoms with Crippen molar-refractivity contribution in [3.8, 4) is 0 Å². The summed E-state index contributed by atoms with van der Waals surface area (Å²) in [6.45, 7) is 14.2. The van der Waals surface area contributed by atoms with Crippen LogP contribution >= 0.6 is 0 Å². The van der Waals surface area contributed by atoms with E-state index in [1.54, 1.807) is 20.8 Å². The molecule has 1 saturated heterocycles. The van der Waals surface area contributed by atoms with Crippen LogP contribution in [0.2, 0.25) is 0 Å². The van der Waals surface area contributed by atoms with Crippen LogP contribution in [0.25, 0.3) is 0 Å². The zero-order valence-corrected chi connectivity index (χ0v) is 23.2. The summed E-state index contributed by atoms with van der Waals surface area (Å²) in [5.74, 6) is -0.319. The van der Waals surface area contributed by atoms with E-state index in [4.69, 9.17) is 9.47 Å². The number of aliphatic hydroxyl groups excluding tert-OH is 1. The molecule has 1 aliphatic heterocycles. The minimum atomic E-state index is -1.38. The number of benzene rings is 1. The summed E-state index contributed by atoms with van der Waals surface area (Å²) in [6, 6.07) is 3.54. The zero-order valence-electron chi connectivity index (χ0n) is 23.2. The highest BCUT2D eigenvalue weighted by molar-refractivity contribution is 5.92. The number of likely N-dealkylation sites (tertiary alicyclic amines) is 1. The van der Waals surface area contributed by atoms with E-state index in [1.165, 1.54) is 25.2 Å². The van der Waals surface area contributed by atoms with Gasteiger partial charge in [-0.25, -0.2) is 9.18 Å². The number of esters is 1. The molecular weight excluding hydrogens is 481 g/mol. The van der Waals surface area contributed by atoms with Crippen molar-refractivity contribution in [1.82, 2.24) is 15.3 Å². The van der Waals surface area contributed by atoms with E-state index in [-0.39, 0.29) is 5.97 Å². The first-order valence-electron chi connectivity index (χ1n) is 12.7. The van der Waals surface area contributed by atoms with Gasteiger partial charge >= 0.3 is 12.0 Å². The van der Waals surface area contributed by atoms with Gasteiger partial charge in [0.15, 0.2) is 0 Å². The molecular formula is C26H44FN5O5. The van der Waals surface area contributed by atoms with E-state index >= 15 is 0 Å². The third-order valence-corrected chi connectivity index (χ3v) is 5.73. The predicted molar refractivity (Wildman–Crippen MR) is 141 cm³/mol. The third kappa shape index (κ3) is 11.2. The molecule has 0 saturated carbocycles. The van der Waals surface area contributed by atoms with Crippen molar-refractivity contribution < 1.29 is 28.6 Å². The van der Waals surface area contributed by atoms with E-state index in [2.05, 4.69) is 21.0 Å². The van der Waals surface area contributed by atoms with Crippen LogP contribution in [0.5, 0.6) is 0 Å². The van der Waals surface area contributed by atoms with Crippen molar-refractivity contribution in [2.45, 2.75) is 66.4 Å². The van der Waals surface area contributed by atoms with Crippen LogP contribution in [0.1, 0.15) is 54.4 Å². The Labute approximate surface area is 219 Å². The second kappa shape index (κ2) is 13.4. The fourth-order valence-electron chi connectivity index (χ4n) is 3.82. The van der Waals surface area contributed by atoms with Gasteiger partial charge in [0.05, 0.1) is 22.4 Å². The standard InChI is InChI=1S/C26H44FN5O5/c1-25(2,3)22(33)36-14-13-32-12-8-9-18(17-32)16-28-21-15-19(27)10-11-20(21)29-23(34)31(7)30-24(35)37-26(4,5)6/h10-11,15,18,24,28,30,35H,8-9,12-14,16-17H2,1-7H3,(H,29,34)/t18-,24?/m1/s1. The van der Waals surface area contributed by atoms with Crippen molar-refractivity contribution in [2.75, 3.05) is 50.5 Å². The van der Waals surface area contributed by atoms with E-state index in [9.17, 15) is 19.1 Å². The molecule has 2 amide bonds. The summed E-state index contributed by atoms with van der Waals surface area (Å²) >= 11 is 0. The van der Waals surface area contributed by atoms with Gasteiger partial charge in [0.1, 0.15) is 12.4 Å². The molecule has 0 radical (unpaired) electrons. The Bertz CT molecular complexity index is 902. The number of ether oxygens (including phenoxy) is 2. The number of carbonyl (C=O) groups is 2. The Balaban J connectivity index is 1.89. The number of halogens is 1. The first-order valence-corrected chi connectivity index (χ1v) is 12.7. The molecule has 1 aromatic rings. The van der Waals surface area contributed by atoms with Gasteiger partial charge in [0, 0.05) is 26.7 Å². The molecule has 0 spiro atoms. The number of hydrogen-bond acceptors (Lipinski definition) is 8. The van der Waals surface area contributed by atoms with Crippen LogP contribution in [0.4, 0.5) is 20.6 Å². The number of rotatable bonds is 10. The van der Waals surface area contributed by atoms with Crippen LogP contribution in [0, 0.1) is 17.2 Å². The average Bonchev–Trinajstić information content (AvgIpc) is 2.77. The lowest BCUT2D eigenvalue weighted by molar-refractivity contribution is -0.198. The van der Waals surface area contributed by atoms with E-state index in [0.717, 1.165) is 30.9 Å². The molecule has 11 heteroatoms. The number of aliphatic hydroxyl groups is 1. The van der Waals surface area contributed by atoms with Crippen molar-refractivity contribution in [3.63, 3.8) is 0 Å². The molecule has 1 heterocycles. The topological polar surface area (TPSA) is 115 Å². The molecule has 1 fully saturated rings. The number of anilines is 2. The first kappa shape index (κ1) is 30.8. The fourth-order valence-corrected chi connectivity index (χ4v) is 3.82. The number of nitrogens with one attached hydrogen (secondary N) is 3. The van der Waals surface area contributed by atoms with Gasteiger partial charge in [-0.05, 0) is 85.0 Å². The van der Waals surface area contributed by atoms with E-state index in [0.29, 0.717) is 37.0 Å². The summed E-state index contributed by atoms with van der Waals surface area (Å²) in [4.78, 5) is 26.9. The van der Waals surface area contributed by atoms with Crippen molar-refractivity contribution in [3.05, 3.63) is 24.0 Å². The minimum absolute atomic E-state index is 0.208.